The van der Waals surface area contributed by atoms with Crippen LogP contribution in [0.4, 0.5) is 4.79 Å². The van der Waals surface area contributed by atoms with Crippen molar-refractivity contribution >= 4 is 22.4 Å². The molecule has 0 saturated carbocycles. The van der Waals surface area contributed by atoms with Crippen molar-refractivity contribution in [3.8, 4) is 0 Å². The normalized spacial score (nSPS) is 11.0. The molecule has 0 aromatic carbocycles. The summed E-state index contributed by atoms with van der Waals surface area (Å²) in [6.07, 6.45) is 0.276. The van der Waals surface area contributed by atoms with Gasteiger partial charge >= 0.3 is 35.7 Å². The molecule has 1 aromatic heterocycles. The van der Waals surface area contributed by atoms with Gasteiger partial charge in [0.05, 0.1) is 12.8 Å². The van der Waals surface area contributed by atoms with Crippen molar-refractivity contribution in [1.29, 1.82) is 0 Å². The number of carbonyl (C=O) groups is 1. The van der Waals surface area contributed by atoms with Gasteiger partial charge in [-0.15, -0.1) is 0 Å². The van der Waals surface area contributed by atoms with Gasteiger partial charge in [0, 0.05) is 0 Å². The summed E-state index contributed by atoms with van der Waals surface area (Å²) in [6, 6.07) is 2.22. The van der Waals surface area contributed by atoms with Crippen molar-refractivity contribution in [2.24, 2.45) is 5.10 Å². The summed E-state index contributed by atoms with van der Waals surface area (Å²) in [4.78, 5) is 10.8. The minimum Gasteiger partial charge on any atom is -0.742 e. The van der Waals surface area contributed by atoms with Crippen molar-refractivity contribution in [2.75, 3.05) is 6.61 Å². The number of hydrogen-bond acceptors (Lipinski definition) is 7. The Bertz CT molecular complexity index is 523. The van der Waals surface area contributed by atoms with E-state index < -0.39 is 21.3 Å². The van der Waals surface area contributed by atoms with Crippen LogP contribution in [0.25, 0.3) is 0 Å². The van der Waals surface area contributed by atoms with Gasteiger partial charge in [0.15, 0.2) is 10.1 Å². The Kier molecular flexibility index (Phi) is 7.18. The maximum atomic E-state index is 10.8. The van der Waals surface area contributed by atoms with Crippen molar-refractivity contribution in [3.63, 3.8) is 0 Å². The number of amides is 1. The third-order valence-corrected chi connectivity index (χ3v) is 2.18. The van der Waals surface area contributed by atoms with Crippen molar-refractivity contribution < 1.29 is 56.5 Å². The van der Waals surface area contributed by atoms with Crippen LogP contribution in [0.1, 0.15) is 12.7 Å². The van der Waals surface area contributed by atoms with Crippen LogP contribution in [0, 0.1) is 0 Å². The number of rotatable bonds is 4. The Morgan fingerprint density at radius 2 is 2.28 bits per heavy atom. The largest absolute Gasteiger partial charge is 1.00 e. The summed E-state index contributed by atoms with van der Waals surface area (Å²) < 4.78 is 40.7. The number of hydrazone groups is 1. The van der Waals surface area contributed by atoms with Gasteiger partial charge in [-0.2, -0.15) is 5.10 Å². The first-order chi connectivity index (χ1) is 7.93. The Morgan fingerprint density at radius 3 is 2.78 bits per heavy atom. The first-order valence-electron chi connectivity index (χ1n) is 4.45. The second kappa shape index (κ2) is 7.54. The van der Waals surface area contributed by atoms with Crippen molar-refractivity contribution in [2.45, 2.75) is 12.0 Å². The minimum absolute atomic E-state index is 0. The summed E-state index contributed by atoms with van der Waals surface area (Å²) in [5.41, 5.74) is 2.00. The van der Waals surface area contributed by atoms with E-state index in [0.29, 0.717) is 0 Å². The standard InChI is InChI=1S/C8H10N2O6S.Na/c1-2-15-8(11)10-9-5-6-3-4-7(16-6)17(12,13)14;/h3-5H,2H2,1H3,(H,10,11)(H,12,13,14);/q;+1/p-1/b9-5-;. The monoisotopic (exact) mass is 284 g/mol. The van der Waals surface area contributed by atoms with Crippen LogP contribution in [0.2, 0.25) is 0 Å². The molecular weight excluding hydrogens is 275 g/mol. The van der Waals surface area contributed by atoms with E-state index in [1.807, 2.05) is 5.43 Å². The molecule has 0 aliphatic rings. The van der Waals surface area contributed by atoms with E-state index in [4.69, 9.17) is 0 Å². The molecule has 1 heterocycles. The van der Waals surface area contributed by atoms with E-state index in [1.165, 1.54) is 6.07 Å². The molecule has 0 bridgehead atoms. The SMILES string of the molecule is CCOC(=O)N/N=C\c1ccc(S(=O)(=O)[O-])o1.[Na+]. The molecule has 0 aliphatic carbocycles. The van der Waals surface area contributed by atoms with E-state index in [2.05, 4.69) is 14.3 Å². The number of furan rings is 1. The molecule has 0 unspecified atom stereocenters. The molecule has 94 valence electrons. The molecule has 0 fully saturated rings. The third kappa shape index (κ3) is 5.65. The molecule has 0 atom stereocenters. The molecule has 8 nitrogen and oxygen atoms in total. The summed E-state index contributed by atoms with van der Waals surface area (Å²) in [5, 5.41) is 2.70. The van der Waals surface area contributed by atoms with E-state index in [0.717, 1.165) is 12.3 Å². The van der Waals surface area contributed by atoms with Crippen molar-refractivity contribution in [3.05, 3.63) is 17.9 Å². The third-order valence-electron chi connectivity index (χ3n) is 1.47. The maximum absolute atomic E-state index is 10.8. The summed E-state index contributed by atoms with van der Waals surface area (Å²) in [7, 11) is -4.62. The Labute approximate surface area is 125 Å². The summed E-state index contributed by atoms with van der Waals surface area (Å²) in [5.74, 6) is 0.0104. The van der Waals surface area contributed by atoms with Gasteiger partial charge in [0.25, 0.3) is 0 Å². The Balaban J connectivity index is 0.00000289. The van der Waals surface area contributed by atoms with Crippen LogP contribution < -0.4 is 35.0 Å². The zero-order chi connectivity index (χ0) is 12.9. The van der Waals surface area contributed by atoms with Gasteiger partial charge < -0.3 is 13.7 Å². The van der Waals surface area contributed by atoms with E-state index in [9.17, 15) is 17.8 Å². The molecular formula is C8H9N2NaO6S. The molecule has 1 rings (SSSR count). The van der Waals surface area contributed by atoms with Crippen LogP contribution in [0.15, 0.2) is 26.7 Å². The zero-order valence-electron chi connectivity index (χ0n) is 9.74. The molecule has 18 heavy (non-hydrogen) atoms. The van der Waals surface area contributed by atoms with Crippen LogP contribution in [0.3, 0.4) is 0 Å². The number of ether oxygens (including phenoxy) is 1. The average molecular weight is 284 g/mol. The summed E-state index contributed by atoms with van der Waals surface area (Å²) in [6.45, 7) is 1.82. The second-order valence-electron chi connectivity index (χ2n) is 2.70. The molecule has 1 N–H and O–H groups in total. The fourth-order valence-electron chi connectivity index (χ4n) is 0.850. The molecule has 1 aromatic rings. The molecule has 0 radical (unpaired) electrons. The predicted molar refractivity (Wildman–Crippen MR) is 54.4 cm³/mol. The maximum Gasteiger partial charge on any atom is 1.00 e. The fourth-order valence-corrected chi connectivity index (χ4v) is 1.28. The van der Waals surface area contributed by atoms with Crippen LogP contribution in [0.5, 0.6) is 0 Å². The Morgan fingerprint density at radius 1 is 1.61 bits per heavy atom. The zero-order valence-corrected chi connectivity index (χ0v) is 12.6. The molecule has 0 saturated heterocycles. The number of nitrogens with one attached hydrogen (secondary N) is 1. The molecule has 10 heteroatoms. The first-order valence-corrected chi connectivity index (χ1v) is 5.86. The molecule has 0 aliphatic heterocycles. The van der Waals surface area contributed by atoms with Gasteiger partial charge in [-0.3, -0.25) is 0 Å². The van der Waals surface area contributed by atoms with Crippen LogP contribution >= 0.6 is 0 Å². The quantitative estimate of drug-likeness (QED) is 0.277. The van der Waals surface area contributed by atoms with Gasteiger partial charge in [-0.05, 0) is 19.1 Å². The van der Waals surface area contributed by atoms with Crippen molar-refractivity contribution in [1.82, 2.24) is 5.43 Å². The topological polar surface area (TPSA) is 121 Å². The van der Waals surface area contributed by atoms with Gasteiger partial charge in [-0.1, -0.05) is 0 Å². The van der Waals surface area contributed by atoms with Gasteiger partial charge in [0.2, 0.25) is 5.09 Å². The minimum atomic E-state index is -4.62. The van der Waals surface area contributed by atoms with Gasteiger partial charge in [-0.25, -0.2) is 18.6 Å². The average Bonchev–Trinajstić information content (AvgIpc) is 2.66. The molecule has 1 amide bonds. The number of nitrogens with zero attached hydrogens (tertiary/aromatic N) is 1. The van der Waals surface area contributed by atoms with E-state index in [-0.39, 0.29) is 41.9 Å². The van der Waals surface area contributed by atoms with E-state index >= 15 is 0 Å². The smallest absolute Gasteiger partial charge is 0.742 e. The first kappa shape index (κ1) is 17.1. The fraction of sp³-hybridized carbons (Fsp3) is 0.250. The molecule has 0 spiro atoms. The van der Waals surface area contributed by atoms with E-state index in [1.54, 1.807) is 6.92 Å². The number of carbonyl (C=O) groups excluding carboxylic acids is 1. The Hall–Kier alpha value is -0.870. The second-order valence-corrected chi connectivity index (χ2v) is 4.01. The van der Waals surface area contributed by atoms with Crippen LogP contribution in [-0.2, 0) is 14.9 Å². The number of hydrogen-bond donors (Lipinski definition) is 1. The van der Waals surface area contributed by atoms with Gasteiger partial charge in [0.1, 0.15) is 5.76 Å². The predicted octanol–water partition coefficient (Wildman–Crippen LogP) is -2.73. The summed E-state index contributed by atoms with van der Waals surface area (Å²) >= 11 is 0. The van der Waals surface area contributed by atoms with Crippen LogP contribution in [-0.4, -0.2) is 31.9 Å².